The third-order valence-corrected chi connectivity index (χ3v) is 13.9. The van der Waals surface area contributed by atoms with Crippen LogP contribution in [0.5, 0.6) is 0 Å². The van der Waals surface area contributed by atoms with E-state index in [-0.39, 0.29) is 17.7 Å². The molecule has 1 aliphatic heterocycles. The van der Waals surface area contributed by atoms with Crippen molar-refractivity contribution in [3.8, 4) is 0 Å². The van der Waals surface area contributed by atoms with E-state index in [2.05, 4.69) is 57.2 Å². The SMILES string of the molecule is CCCCCCCC/C=C/CCCCCCCC(=O)N1CCN(C(=O)CCCCCCC/C=C/CCCCCCCC)CCN(C(=O)CCCCCCC/C=C/CCCCCCCC)CC1. The molecule has 384 valence electrons. The van der Waals surface area contributed by atoms with Crippen molar-refractivity contribution < 1.29 is 14.4 Å². The maximum absolute atomic E-state index is 13.6. The van der Waals surface area contributed by atoms with Crippen molar-refractivity contribution in [2.75, 3.05) is 39.3 Å². The second-order valence-electron chi connectivity index (χ2n) is 20.1. The average molecular weight is 923 g/mol. The summed E-state index contributed by atoms with van der Waals surface area (Å²) < 4.78 is 0. The van der Waals surface area contributed by atoms with Gasteiger partial charge in [0.25, 0.3) is 0 Å². The summed E-state index contributed by atoms with van der Waals surface area (Å²) in [5, 5.41) is 0. The van der Waals surface area contributed by atoms with Gasteiger partial charge in [-0.15, -0.1) is 0 Å². The van der Waals surface area contributed by atoms with Crippen LogP contribution in [0.2, 0.25) is 0 Å². The van der Waals surface area contributed by atoms with Crippen molar-refractivity contribution >= 4 is 17.7 Å². The molecule has 0 aromatic heterocycles. The van der Waals surface area contributed by atoms with Gasteiger partial charge in [-0.3, -0.25) is 14.4 Å². The van der Waals surface area contributed by atoms with Gasteiger partial charge in [-0.1, -0.05) is 211 Å². The molecule has 1 rings (SSSR count). The Morgan fingerprint density at radius 2 is 0.424 bits per heavy atom. The van der Waals surface area contributed by atoms with E-state index < -0.39 is 0 Å². The monoisotopic (exact) mass is 922 g/mol. The van der Waals surface area contributed by atoms with E-state index in [9.17, 15) is 14.4 Å². The smallest absolute Gasteiger partial charge is 0.222 e. The summed E-state index contributed by atoms with van der Waals surface area (Å²) >= 11 is 0. The number of hydrogen-bond acceptors (Lipinski definition) is 3. The molecular formula is C60H111N3O3. The molecule has 0 radical (unpaired) electrons. The number of nitrogens with zero attached hydrogens (tertiary/aromatic N) is 3. The lowest BCUT2D eigenvalue weighted by molar-refractivity contribution is -0.135. The molecule has 0 aromatic rings. The molecule has 0 saturated carbocycles. The van der Waals surface area contributed by atoms with Gasteiger partial charge in [0, 0.05) is 58.5 Å². The van der Waals surface area contributed by atoms with Gasteiger partial charge in [0.2, 0.25) is 17.7 Å². The molecule has 0 N–H and O–H groups in total. The van der Waals surface area contributed by atoms with Crippen LogP contribution in [0.4, 0.5) is 0 Å². The van der Waals surface area contributed by atoms with Gasteiger partial charge >= 0.3 is 0 Å². The molecular weight excluding hydrogens is 811 g/mol. The number of carbonyl (C=O) groups excluding carboxylic acids is 3. The summed E-state index contributed by atoms with van der Waals surface area (Å²) in [6.45, 7) is 10.2. The highest BCUT2D eigenvalue weighted by molar-refractivity contribution is 5.78. The van der Waals surface area contributed by atoms with E-state index in [1.165, 1.54) is 212 Å². The van der Waals surface area contributed by atoms with Crippen LogP contribution in [0, 0.1) is 0 Å². The minimum atomic E-state index is 0.184. The van der Waals surface area contributed by atoms with Gasteiger partial charge in [0.1, 0.15) is 0 Å². The highest BCUT2D eigenvalue weighted by atomic mass is 16.2. The number of allylic oxidation sites excluding steroid dienone is 6. The molecule has 1 fully saturated rings. The molecule has 6 heteroatoms. The minimum Gasteiger partial charge on any atom is -0.339 e. The molecule has 0 atom stereocenters. The van der Waals surface area contributed by atoms with Gasteiger partial charge in [0.05, 0.1) is 0 Å². The van der Waals surface area contributed by atoms with Gasteiger partial charge in [-0.05, 0) is 96.3 Å². The normalized spacial score (nSPS) is 14.0. The van der Waals surface area contributed by atoms with E-state index in [4.69, 9.17) is 0 Å². The van der Waals surface area contributed by atoms with Crippen molar-refractivity contribution in [3.63, 3.8) is 0 Å². The van der Waals surface area contributed by atoms with Crippen LogP contribution in [-0.4, -0.2) is 71.7 Å². The zero-order valence-electron chi connectivity index (χ0n) is 44.5. The molecule has 1 heterocycles. The van der Waals surface area contributed by atoms with Crippen LogP contribution in [-0.2, 0) is 14.4 Å². The molecule has 66 heavy (non-hydrogen) atoms. The highest BCUT2D eigenvalue weighted by Crippen LogP contribution is 2.16. The average Bonchev–Trinajstić information content (AvgIpc) is 3.43. The number of carbonyl (C=O) groups is 3. The summed E-state index contributed by atoms with van der Waals surface area (Å²) in [5.41, 5.74) is 0. The van der Waals surface area contributed by atoms with Crippen molar-refractivity contribution in [3.05, 3.63) is 36.5 Å². The van der Waals surface area contributed by atoms with Gasteiger partial charge < -0.3 is 14.7 Å². The first-order valence-corrected chi connectivity index (χ1v) is 29.3. The molecule has 0 aliphatic carbocycles. The Bertz CT molecular complexity index is 1020. The van der Waals surface area contributed by atoms with E-state index in [0.717, 1.165) is 38.5 Å². The van der Waals surface area contributed by atoms with E-state index in [1.807, 2.05) is 14.7 Å². The maximum Gasteiger partial charge on any atom is 0.222 e. The number of rotatable bonds is 45. The molecule has 6 nitrogen and oxygen atoms in total. The molecule has 1 aliphatic rings. The van der Waals surface area contributed by atoms with E-state index in [1.54, 1.807) is 0 Å². The summed E-state index contributed by atoms with van der Waals surface area (Å²) in [6, 6.07) is 0. The molecule has 0 aromatic carbocycles. The number of amides is 3. The molecule has 0 bridgehead atoms. The van der Waals surface area contributed by atoms with E-state index >= 15 is 0 Å². The summed E-state index contributed by atoms with van der Waals surface area (Å²) in [7, 11) is 0. The third kappa shape index (κ3) is 39.6. The van der Waals surface area contributed by atoms with Crippen LogP contribution < -0.4 is 0 Å². The van der Waals surface area contributed by atoms with Crippen LogP contribution >= 0.6 is 0 Å². The van der Waals surface area contributed by atoms with Gasteiger partial charge in [-0.25, -0.2) is 0 Å². The first kappa shape index (κ1) is 61.6. The molecule has 0 unspecified atom stereocenters. The Labute approximate surface area is 411 Å². The van der Waals surface area contributed by atoms with E-state index in [0.29, 0.717) is 58.5 Å². The zero-order chi connectivity index (χ0) is 47.6. The lowest BCUT2D eigenvalue weighted by Gasteiger charge is -2.26. The Morgan fingerprint density at radius 1 is 0.258 bits per heavy atom. The van der Waals surface area contributed by atoms with Crippen LogP contribution in [0.25, 0.3) is 0 Å². The Hall–Kier alpha value is -2.37. The van der Waals surface area contributed by atoms with Crippen LogP contribution in [0.15, 0.2) is 36.5 Å². The first-order valence-electron chi connectivity index (χ1n) is 29.3. The van der Waals surface area contributed by atoms with Gasteiger partial charge in [-0.2, -0.15) is 0 Å². The van der Waals surface area contributed by atoms with Crippen molar-refractivity contribution in [1.29, 1.82) is 0 Å². The Morgan fingerprint density at radius 3 is 0.621 bits per heavy atom. The summed E-state index contributed by atoms with van der Waals surface area (Å²) in [6.07, 6.45) is 64.5. The van der Waals surface area contributed by atoms with Gasteiger partial charge in [0.15, 0.2) is 0 Å². The number of unbranched alkanes of at least 4 members (excludes halogenated alkanes) is 33. The largest absolute Gasteiger partial charge is 0.339 e. The summed E-state index contributed by atoms with van der Waals surface area (Å²) in [5.74, 6) is 0.552. The fourth-order valence-corrected chi connectivity index (χ4v) is 9.32. The topological polar surface area (TPSA) is 60.9 Å². The zero-order valence-corrected chi connectivity index (χ0v) is 44.5. The minimum absolute atomic E-state index is 0.184. The molecule has 1 saturated heterocycles. The lowest BCUT2D eigenvalue weighted by Crippen LogP contribution is -2.41. The lowest BCUT2D eigenvalue weighted by atomic mass is 10.1. The predicted octanol–water partition coefficient (Wildman–Crippen LogP) is 17.6. The third-order valence-electron chi connectivity index (χ3n) is 13.9. The first-order chi connectivity index (χ1) is 32.5. The quantitative estimate of drug-likeness (QED) is 0.0452. The second-order valence-corrected chi connectivity index (χ2v) is 20.1. The fourth-order valence-electron chi connectivity index (χ4n) is 9.32. The van der Waals surface area contributed by atoms with Crippen LogP contribution in [0.3, 0.4) is 0 Å². The Balaban J connectivity index is 2.50. The highest BCUT2D eigenvalue weighted by Gasteiger charge is 2.24. The van der Waals surface area contributed by atoms with Crippen LogP contribution in [0.1, 0.15) is 290 Å². The Kier molecular flexibility index (Phi) is 45.8. The maximum atomic E-state index is 13.6. The van der Waals surface area contributed by atoms with Crippen molar-refractivity contribution in [1.82, 2.24) is 14.7 Å². The van der Waals surface area contributed by atoms with Crippen molar-refractivity contribution in [2.24, 2.45) is 0 Å². The van der Waals surface area contributed by atoms with Crippen molar-refractivity contribution in [2.45, 2.75) is 290 Å². The standard InChI is InChI=1S/C60H111N3O3/c1-4-7-10-13-16-19-22-25-28-31-34-37-40-43-46-49-58(64)61-52-54-62(59(65)50-47-44-41-38-35-32-29-26-23-20-17-14-11-8-5-2)56-57-63(55-53-61)60(66)51-48-45-42-39-36-33-30-27-24-21-18-15-12-9-6-3/h25-30H,4-24,31-57H2,1-3H3/b28-25+,29-26+,30-27+. The molecule has 3 amide bonds. The summed E-state index contributed by atoms with van der Waals surface area (Å²) in [4.78, 5) is 46.8. The molecule has 0 spiro atoms. The fraction of sp³-hybridized carbons (Fsp3) is 0.850. The predicted molar refractivity (Wildman–Crippen MR) is 288 cm³/mol. The second kappa shape index (κ2) is 49.1. The number of hydrogen-bond donors (Lipinski definition) is 0.